The van der Waals surface area contributed by atoms with Crippen molar-refractivity contribution in [3.8, 4) is 5.75 Å². The highest BCUT2D eigenvalue weighted by Crippen LogP contribution is 2.15. The molecule has 1 aromatic rings. The molecule has 1 N–H and O–H groups in total. The largest absolute Gasteiger partial charge is 0.494 e. The molecule has 128 valence electrons. The molecule has 1 saturated heterocycles. The fourth-order valence-corrected chi connectivity index (χ4v) is 2.74. The van der Waals surface area contributed by atoms with Crippen LogP contribution >= 0.6 is 0 Å². The van der Waals surface area contributed by atoms with Gasteiger partial charge in [0.25, 0.3) is 0 Å². The number of hydrogen-bond donors (Lipinski definition) is 1. The molecule has 0 spiro atoms. The van der Waals surface area contributed by atoms with Gasteiger partial charge in [-0.2, -0.15) is 0 Å². The van der Waals surface area contributed by atoms with E-state index in [-0.39, 0.29) is 0 Å². The number of rotatable bonds is 7. The number of benzene rings is 1. The summed E-state index contributed by atoms with van der Waals surface area (Å²) in [4.78, 5) is 6.97. The van der Waals surface area contributed by atoms with Crippen molar-refractivity contribution in [2.24, 2.45) is 10.9 Å². The second kappa shape index (κ2) is 9.40. The zero-order chi connectivity index (χ0) is 16.5. The van der Waals surface area contributed by atoms with Gasteiger partial charge in [-0.05, 0) is 38.0 Å². The molecule has 1 atom stereocenters. The maximum absolute atomic E-state index is 5.55. The van der Waals surface area contributed by atoms with E-state index in [1.165, 1.54) is 0 Å². The lowest BCUT2D eigenvalue weighted by Gasteiger charge is -2.24. The zero-order valence-corrected chi connectivity index (χ0v) is 14.5. The molecule has 23 heavy (non-hydrogen) atoms. The van der Waals surface area contributed by atoms with Crippen molar-refractivity contribution in [1.82, 2.24) is 10.2 Å². The number of aliphatic imine (C=N–C) groups is 1. The van der Waals surface area contributed by atoms with Gasteiger partial charge in [0.15, 0.2) is 5.96 Å². The van der Waals surface area contributed by atoms with E-state index in [1.54, 1.807) is 0 Å². The maximum atomic E-state index is 5.55. The quantitative estimate of drug-likeness (QED) is 0.620. The predicted molar refractivity (Wildman–Crippen MR) is 94.0 cm³/mol. The van der Waals surface area contributed by atoms with Crippen LogP contribution < -0.4 is 10.1 Å². The van der Waals surface area contributed by atoms with Crippen LogP contribution in [0.25, 0.3) is 0 Å². The van der Waals surface area contributed by atoms with E-state index in [2.05, 4.69) is 36.3 Å². The molecule has 5 nitrogen and oxygen atoms in total. The highest BCUT2D eigenvalue weighted by atomic mass is 16.5. The summed E-state index contributed by atoms with van der Waals surface area (Å²) < 4.78 is 11.0. The average molecular weight is 319 g/mol. The van der Waals surface area contributed by atoms with E-state index in [0.717, 1.165) is 50.0 Å². The van der Waals surface area contributed by atoms with Crippen LogP contribution in [0.4, 0.5) is 0 Å². The fraction of sp³-hybridized carbons (Fsp3) is 0.611. The Bertz CT molecular complexity index is 499. The molecule has 0 aliphatic carbocycles. The third-order valence-electron chi connectivity index (χ3n) is 3.87. The van der Waals surface area contributed by atoms with Crippen molar-refractivity contribution in [2.75, 3.05) is 40.0 Å². The lowest BCUT2D eigenvalue weighted by molar-refractivity contribution is 0.181. The summed E-state index contributed by atoms with van der Waals surface area (Å²) in [5.74, 6) is 2.45. The van der Waals surface area contributed by atoms with E-state index in [4.69, 9.17) is 14.5 Å². The molecular weight excluding hydrogens is 290 g/mol. The summed E-state index contributed by atoms with van der Waals surface area (Å²) in [6.07, 6.45) is 1.14. The van der Waals surface area contributed by atoms with Crippen LogP contribution in [0, 0.1) is 5.92 Å². The molecular formula is C18H29N3O2. The molecule has 1 unspecified atom stereocenters. The Labute approximate surface area is 139 Å². The molecule has 0 radical (unpaired) electrons. The first-order valence-corrected chi connectivity index (χ1v) is 8.51. The van der Waals surface area contributed by atoms with Crippen LogP contribution in [-0.2, 0) is 11.3 Å². The Morgan fingerprint density at radius 1 is 1.43 bits per heavy atom. The van der Waals surface area contributed by atoms with Crippen LogP contribution in [0.3, 0.4) is 0 Å². The van der Waals surface area contributed by atoms with E-state index in [0.29, 0.717) is 19.1 Å². The van der Waals surface area contributed by atoms with Crippen LogP contribution in [0.2, 0.25) is 0 Å². The van der Waals surface area contributed by atoms with Gasteiger partial charge in [-0.1, -0.05) is 12.1 Å². The molecule has 0 bridgehead atoms. The molecule has 0 saturated carbocycles. The third kappa shape index (κ3) is 5.75. The molecule has 0 aromatic heterocycles. The molecule has 1 aliphatic heterocycles. The molecule has 1 fully saturated rings. The molecule has 1 aromatic carbocycles. The Morgan fingerprint density at radius 3 is 3.00 bits per heavy atom. The van der Waals surface area contributed by atoms with Gasteiger partial charge in [-0.15, -0.1) is 0 Å². The molecule has 1 heterocycles. The minimum Gasteiger partial charge on any atom is -0.494 e. The van der Waals surface area contributed by atoms with Gasteiger partial charge >= 0.3 is 0 Å². The van der Waals surface area contributed by atoms with Crippen molar-refractivity contribution >= 4 is 5.96 Å². The van der Waals surface area contributed by atoms with Crippen molar-refractivity contribution in [2.45, 2.75) is 26.8 Å². The summed E-state index contributed by atoms with van der Waals surface area (Å²) in [6.45, 7) is 9.01. The Balaban J connectivity index is 1.98. The average Bonchev–Trinajstić information content (AvgIpc) is 3.05. The SMILES string of the molecule is CCNC(=NCc1cccc(OCC)c1)N(C)CC1CCOC1. The highest BCUT2D eigenvalue weighted by molar-refractivity contribution is 5.79. The van der Waals surface area contributed by atoms with Crippen LogP contribution in [0.5, 0.6) is 5.75 Å². The number of guanidine groups is 1. The van der Waals surface area contributed by atoms with Crippen LogP contribution in [0.1, 0.15) is 25.8 Å². The summed E-state index contributed by atoms with van der Waals surface area (Å²) in [5.41, 5.74) is 1.16. The maximum Gasteiger partial charge on any atom is 0.193 e. The number of hydrogen-bond acceptors (Lipinski definition) is 3. The van der Waals surface area contributed by atoms with Gasteiger partial charge in [0.2, 0.25) is 0 Å². The first-order chi connectivity index (χ1) is 11.2. The Kier molecular flexibility index (Phi) is 7.20. The molecule has 5 heteroatoms. The third-order valence-corrected chi connectivity index (χ3v) is 3.87. The van der Waals surface area contributed by atoms with Gasteiger partial charge in [0.05, 0.1) is 19.8 Å². The molecule has 1 aliphatic rings. The van der Waals surface area contributed by atoms with Gasteiger partial charge in [0.1, 0.15) is 5.75 Å². The smallest absolute Gasteiger partial charge is 0.193 e. The fourth-order valence-electron chi connectivity index (χ4n) is 2.74. The van der Waals surface area contributed by atoms with Crippen molar-refractivity contribution in [3.05, 3.63) is 29.8 Å². The summed E-state index contributed by atoms with van der Waals surface area (Å²) in [7, 11) is 2.09. The minimum absolute atomic E-state index is 0.602. The van der Waals surface area contributed by atoms with E-state index >= 15 is 0 Å². The highest BCUT2D eigenvalue weighted by Gasteiger charge is 2.18. The lowest BCUT2D eigenvalue weighted by atomic mass is 10.1. The Hall–Kier alpha value is -1.75. The van der Waals surface area contributed by atoms with Gasteiger partial charge in [0, 0.05) is 32.7 Å². The van der Waals surface area contributed by atoms with Gasteiger partial charge in [-0.25, -0.2) is 4.99 Å². The Morgan fingerprint density at radius 2 is 2.30 bits per heavy atom. The number of ether oxygens (including phenoxy) is 2. The zero-order valence-electron chi connectivity index (χ0n) is 14.5. The van der Waals surface area contributed by atoms with E-state index in [9.17, 15) is 0 Å². The lowest BCUT2D eigenvalue weighted by Crippen LogP contribution is -2.41. The predicted octanol–water partition coefficient (Wildman–Crippen LogP) is 2.52. The summed E-state index contributed by atoms with van der Waals surface area (Å²) >= 11 is 0. The van der Waals surface area contributed by atoms with Gasteiger partial charge < -0.3 is 19.7 Å². The van der Waals surface area contributed by atoms with Crippen LogP contribution in [0.15, 0.2) is 29.3 Å². The van der Waals surface area contributed by atoms with Crippen LogP contribution in [-0.4, -0.2) is 50.8 Å². The second-order valence-corrected chi connectivity index (χ2v) is 5.86. The van der Waals surface area contributed by atoms with Crippen molar-refractivity contribution in [1.29, 1.82) is 0 Å². The van der Waals surface area contributed by atoms with Gasteiger partial charge in [-0.3, -0.25) is 0 Å². The topological polar surface area (TPSA) is 46.1 Å². The monoisotopic (exact) mass is 319 g/mol. The van der Waals surface area contributed by atoms with Crippen molar-refractivity contribution in [3.63, 3.8) is 0 Å². The first kappa shape index (κ1) is 17.6. The van der Waals surface area contributed by atoms with Crippen molar-refractivity contribution < 1.29 is 9.47 Å². The molecule has 0 amide bonds. The number of nitrogens with zero attached hydrogens (tertiary/aromatic N) is 2. The summed E-state index contributed by atoms with van der Waals surface area (Å²) in [6, 6.07) is 8.14. The number of nitrogens with one attached hydrogen (secondary N) is 1. The first-order valence-electron chi connectivity index (χ1n) is 8.51. The molecule has 2 rings (SSSR count). The second-order valence-electron chi connectivity index (χ2n) is 5.86. The van der Waals surface area contributed by atoms with E-state index < -0.39 is 0 Å². The minimum atomic E-state index is 0.602. The van der Waals surface area contributed by atoms with E-state index in [1.807, 2.05) is 19.1 Å². The normalized spacial score (nSPS) is 18.0. The standard InChI is InChI=1S/C18H29N3O2/c1-4-19-18(21(3)13-16-9-10-22-14-16)20-12-15-7-6-8-17(11-15)23-5-2/h6-8,11,16H,4-5,9-10,12-14H2,1-3H3,(H,19,20). The summed E-state index contributed by atoms with van der Waals surface area (Å²) in [5, 5.41) is 3.37.